The first-order valence-electron chi connectivity index (χ1n) is 5.88. The second kappa shape index (κ2) is 5.53. The lowest BCUT2D eigenvalue weighted by atomic mass is 10.2. The normalized spacial score (nSPS) is 20.5. The monoisotopic (exact) mass is 299 g/mol. The summed E-state index contributed by atoms with van der Waals surface area (Å²) in [6, 6.07) is -0.634. The molecule has 0 bridgehead atoms. The number of hydrogen-bond donors (Lipinski definition) is 1. The number of carbonyl (C=O) groups is 2. The highest BCUT2D eigenvalue weighted by Gasteiger charge is 2.36. The molecule has 0 aromatic carbocycles. The van der Waals surface area contributed by atoms with Crippen molar-refractivity contribution < 1.29 is 23.1 Å². The largest absolute Gasteiger partial charge is 0.480 e. The van der Waals surface area contributed by atoms with Crippen LogP contribution >= 0.6 is 0 Å². The van der Waals surface area contributed by atoms with Gasteiger partial charge in [-0.15, -0.1) is 0 Å². The standard InChI is InChI=1S/C11H13N3O5S/c15-10(16)6-14(8-1-4-20(18,19)7-8)11(17)9-5-12-2-3-13-9/h2-3,5,8H,1,4,6-7H2,(H,15,16). The number of aliphatic carboxylic acids is 1. The SMILES string of the molecule is O=C(O)CN(C(=O)c1cnccn1)C1CCS(=O)(=O)C1. The molecule has 1 fully saturated rings. The molecule has 2 heterocycles. The van der Waals surface area contributed by atoms with Crippen LogP contribution < -0.4 is 0 Å². The van der Waals surface area contributed by atoms with Crippen molar-refractivity contribution in [3.63, 3.8) is 0 Å². The van der Waals surface area contributed by atoms with Crippen LogP contribution in [0.15, 0.2) is 18.6 Å². The lowest BCUT2D eigenvalue weighted by Crippen LogP contribution is -2.44. The molecule has 2 rings (SSSR count). The molecule has 1 amide bonds. The summed E-state index contributed by atoms with van der Waals surface area (Å²) in [4.78, 5) is 31.7. The number of aromatic nitrogens is 2. The third-order valence-corrected chi connectivity index (χ3v) is 4.75. The van der Waals surface area contributed by atoms with Gasteiger partial charge in [0.25, 0.3) is 5.91 Å². The highest BCUT2D eigenvalue weighted by molar-refractivity contribution is 7.91. The van der Waals surface area contributed by atoms with Gasteiger partial charge < -0.3 is 10.0 Å². The van der Waals surface area contributed by atoms with Crippen LogP contribution in [0.3, 0.4) is 0 Å². The number of carboxylic acid groups (broad SMARTS) is 1. The Kier molecular flexibility index (Phi) is 3.98. The number of sulfone groups is 1. The van der Waals surface area contributed by atoms with E-state index in [1.54, 1.807) is 0 Å². The van der Waals surface area contributed by atoms with E-state index in [1.807, 2.05) is 0 Å². The molecule has 0 aliphatic carbocycles. The average Bonchev–Trinajstić information content (AvgIpc) is 2.76. The summed E-state index contributed by atoms with van der Waals surface area (Å²) in [7, 11) is -3.21. The van der Waals surface area contributed by atoms with E-state index in [9.17, 15) is 18.0 Å². The Hall–Kier alpha value is -2.03. The Balaban J connectivity index is 2.24. The van der Waals surface area contributed by atoms with Crippen molar-refractivity contribution >= 4 is 21.7 Å². The van der Waals surface area contributed by atoms with Gasteiger partial charge in [0.1, 0.15) is 12.2 Å². The minimum absolute atomic E-state index is 0.00181. The molecule has 1 unspecified atom stereocenters. The summed E-state index contributed by atoms with van der Waals surface area (Å²) in [6.07, 6.45) is 4.16. The number of carbonyl (C=O) groups excluding carboxylic acids is 1. The number of carboxylic acids is 1. The van der Waals surface area contributed by atoms with Crippen molar-refractivity contribution in [1.82, 2.24) is 14.9 Å². The molecule has 0 saturated carbocycles. The van der Waals surface area contributed by atoms with Crippen LogP contribution in [0, 0.1) is 0 Å². The summed E-state index contributed by atoms with van der Waals surface area (Å²) in [5.41, 5.74) is -0.00181. The van der Waals surface area contributed by atoms with Crippen LogP contribution in [-0.2, 0) is 14.6 Å². The third-order valence-electron chi connectivity index (χ3n) is 3.00. The van der Waals surface area contributed by atoms with Crippen molar-refractivity contribution in [2.45, 2.75) is 12.5 Å². The quantitative estimate of drug-likeness (QED) is 0.772. The van der Waals surface area contributed by atoms with Crippen LogP contribution in [0.1, 0.15) is 16.9 Å². The zero-order valence-corrected chi connectivity index (χ0v) is 11.3. The van der Waals surface area contributed by atoms with Crippen molar-refractivity contribution in [2.24, 2.45) is 0 Å². The highest BCUT2D eigenvalue weighted by Crippen LogP contribution is 2.19. The highest BCUT2D eigenvalue weighted by atomic mass is 32.2. The molecule has 0 spiro atoms. The molecule has 0 radical (unpaired) electrons. The number of amides is 1. The molecular weight excluding hydrogens is 286 g/mol. The zero-order valence-electron chi connectivity index (χ0n) is 10.5. The maximum Gasteiger partial charge on any atom is 0.323 e. The maximum atomic E-state index is 12.2. The second-order valence-corrected chi connectivity index (χ2v) is 6.70. The van der Waals surface area contributed by atoms with Crippen LogP contribution in [0.25, 0.3) is 0 Å². The van der Waals surface area contributed by atoms with E-state index in [1.165, 1.54) is 18.6 Å². The van der Waals surface area contributed by atoms with E-state index >= 15 is 0 Å². The molecule has 1 N–H and O–H groups in total. The van der Waals surface area contributed by atoms with Gasteiger partial charge in [-0.3, -0.25) is 14.6 Å². The predicted molar refractivity (Wildman–Crippen MR) is 67.8 cm³/mol. The molecular formula is C11H13N3O5S. The zero-order chi connectivity index (χ0) is 14.8. The Bertz CT molecular complexity index is 616. The van der Waals surface area contributed by atoms with Crippen molar-refractivity contribution in [2.75, 3.05) is 18.1 Å². The van der Waals surface area contributed by atoms with Crippen LogP contribution in [-0.4, -0.2) is 64.4 Å². The summed E-state index contributed by atoms with van der Waals surface area (Å²) < 4.78 is 23.0. The molecule has 1 saturated heterocycles. The predicted octanol–water partition coefficient (Wildman–Crippen LogP) is -0.810. The van der Waals surface area contributed by atoms with Gasteiger partial charge in [-0.05, 0) is 6.42 Å². The molecule has 108 valence electrons. The van der Waals surface area contributed by atoms with Crippen LogP contribution in [0.4, 0.5) is 0 Å². The summed E-state index contributed by atoms with van der Waals surface area (Å²) in [5, 5.41) is 8.89. The van der Waals surface area contributed by atoms with Crippen molar-refractivity contribution in [3.05, 3.63) is 24.3 Å². The Morgan fingerprint density at radius 3 is 2.65 bits per heavy atom. The van der Waals surface area contributed by atoms with E-state index in [-0.39, 0.29) is 23.6 Å². The second-order valence-electron chi connectivity index (χ2n) is 4.47. The van der Waals surface area contributed by atoms with Gasteiger partial charge in [0.2, 0.25) is 0 Å². The number of nitrogens with zero attached hydrogens (tertiary/aromatic N) is 3. The lowest BCUT2D eigenvalue weighted by Gasteiger charge is -2.25. The van der Waals surface area contributed by atoms with Crippen molar-refractivity contribution in [3.8, 4) is 0 Å². The minimum Gasteiger partial charge on any atom is -0.480 e. The molecule has 20 heavy (non-hydrogen) atoms. The molecule has 1 aromatic rings. The van der Waals surface area contributed by atoms with Crippen molar-refractivity contribution in [1.29, 1.82) is 0 Å². The van der Waals surface area contributed by atoms with Gasteiger partial charge in [-0.2, -0.15) is 0 Å². The molecule has 8 nitrogen and oxygen atoms in total. The smallest absolute Gasteiger partial charge is 0.323 e. The molecule has 1 aliphatic rings. The first-order chi connectivity index (χ1) is 9.39. The number of hydrogen-bond acceptors (Lipinski definition) is 6. The average molecular weight is 299 g/mol. The Morgan fingerprint density at radius 1 is 1.40 bits per heavy atom. The van der Waals surface area contributed by atoms with Gasteiger partial charge in [-0.25, -0.2) is 13.4 Å². The molecule has 1 aromatic heterocycles. The maximum absolute atomic E-state index is 12.2. The van der Waals surface area contributed by atoms with Gasteiger partial charge in [0.15, 0.2) is 9.84 Å². The van der Waals surface area contributed by atoms with Crippen LogP contribution in [0.5, 0.6) is 0 Å². The topological polar surface area (TPSA) is 118 Å². The first-order valence-corrected chi connectivity index (χ1v) is 7.70. The Labute approximate surface area is 115 Å². The number of rotatable bonds is 4. The van der Waals surface area contributed by atoms with E-state index in [0.717, 1.165) is 4.90 Å². The van der Waals surface area contributed by atoms with Gasteiger partial charge >= 0.3 is 5.97 Å². The fourth-order valence-electron chi connectivity index (χ4n) is 2.09. The van der Waals surface area contributed by atoms with Gasteiger partial charge in [-0.1, -0.05) is 0 Å². The third kappa shape index (κ3) is 3.29. The summed E-state index contributed by atoms with van der Waals surface area (Å²) in [6.45, 7) is -0.560. The van der Waals surface area contributed by atoms with E-state index < -0.39 is 34.3 Å². The summed E-state index contributed by atoms with van der Waals surface area (Å²) in [5.74, 6) is -2.08. The molecule has 1 atom stereocenters. The fraction of sp³-hybridized carbons (Fsp3) is 0.455. The lowest BCUT2D eigenvalue weighted by molar-refractivity contribution is -0.138. The first kappa shape index (κ1) is 14.4. The van der Waals surface area contributed by atoms with Gasteiger partial charge in [0.05, 0.1) is 17.7 Å². The molecule has 1 aliphatic heterocycles. The molecule has 9 heteroatoms. The summed E-state index contributed by atoms with van der Waals surface area (Å²) >= 11 is 0. The van der Waals surface area contributed by atoms with Crippen LogP contribution in [0.2, 0.25) is 0 Å². The van der Waals surface area contributed by atoms with E-state index in [0.29, 0.717) is 0 Å². The Morgan fingerprint density at radius 2 is 2.15 bits per heavy atom. The fourth-order valence-corrected chi connectivity index (χ4v) is 3.82. The van der Waals surface area contributed by atoms with E-state index in [2.05, 4.69) is 9.97 Å². The van der Waals surface area contributed by atoms with E-state index in [4.69, 9.17) is 5.11 Å². The minimum atomic E-state index is -3.21. The van der Waals surface area contributed by atoms with Gasteiger partial charge in [0, 0.05) is 18.4 Å².